The van der Waals surface area contributed by atoms with Gasteiger partial charge in [-0.2, -0.15) is 4.80 Å². The highest BCUT2D eigenvalue weighted by Gasteiger charge is 2.35. The largest absolute Gasteiger partial charge is 0.317 e. The van der Waals surface area contributed by atoms with Crippen molar-refractivity contribution in [3.8, 4) is 0 Å². The van der Waals surface area contributed by atoms with Gasteiger partial charge in [-0.1, -0.05) is 6.92 Å². The normalized spacial score (nSPS) is 32.4. The Bertz CT molecular complexity index is 308. The lowest BCUT2D eigenvalue weighted by atomic mass is 9.95. The lowest BCUT2D eigenvalue weighted by Gasteiger charge is -2.17. The molecule has 0 radical (unpaired) electrons. The molecular weight excluding hydrogens is 178 g/mol. The van der Waals surface area contributed by atoms with Crippen molar-refractivity contribution in [2.45, 2.75) is 31.7 Å². The summed E-state index contributed by atoms with van der Waals surface area (Å²) in [7, 11) is 3.83. The van der Waals surface area contributed by atoms with E-state index in [2.05, 4.69) is 27.7 Å². The van der Waals surface area contributed by atoms with Gasteiger partial charge in [0.15, 0.2) is 5.82 Å². The van der Waals surface area contributed by atoms with Gasteiger partial charge in [-0.05, 0) is 31.0 Å². The Kier molecular flexibility index (Phi) is 2.50. The summed E-state index contributed by atoms with van der Waals surface area (Å²) in [6, 6.07) is 0.601. The summed E-state index contributed by atoms with van der Waals surface area (Å²) in [6.07, 6.45) is 2.37. The van der Waals surface area contributed by atoms with Gasteiger partial charge < -0.3 is 5.32 Å². The van der Waals surface area contributed by atoms with Gasteiger partial charge in [0.05, 0.1) is 7.05 Å². The Morgan fingerprint density at radius 2 is 2.21 bits per heavy atom. The topological polar surface area (TPSA) is 55.6 Å². The number of nitrogens with one attached hydrogen (secondary N) is 1. The van der Waals surface area contributed by atoms with E-state index in [0.29, 0.717) is 17.9 Å². The summed E-state index contributed by atoms with van der Waals surface area (Å²) < 4.78 is 0. The predicted octanol–water partition coefficient (Wildman–Crippen LogP) is 0.312. The van der Waals surface area contributed by atoms with Gasteiger partial charge in [-0.15, -0.1) is 10.2 Å². The highest BCUT2D eigenvalue weighted by Crippen LogP contribution is 2.37. The lowest BCUT2D eigenvalue weighted by Crippen LogP contribution is -2.29. The molecule has 1 aliphatic carbocycles. The third-order valence-corrected chi connectivity index (χ3v) is 3.28. The molecule has 5 nitrogen and oxygen atoms in total. The summed E-state index contributed by atoms with van der Waals surface area (Å²) in [5.74, 6) is 1.98. The van der Waals surface area contributed by atoms with Gasteiger partial charge in [0.25, 0.3) is 0 Å². The maximum atomic E-state index is 4.28. The monoisotopic (exact) mass is 195 g/mol. The zero-order chi connectivity index (χ0) is 10.1. The van der Waals surface area contributed by atoms with Crippen LogP contribution in [0.2, 0.25) is 0 Å². The van der Waals surface area contributed by atoms with Crippen molar-refractivity contribution in [1.29, 1.82) is 0 Å². The van der Waals surface area contributed by atoms with Crippen LogP contribution >= 0.6 is 0 Å². The minimum absolute atomic E-state index is 0.473. The summed E-state index contributed by atoms with van der Waals surface area (Å²) in [5, 5.41) is 15.6. The van der Waals surface area contributed by atoms with Crippen molar-refractivity contribution in [1.82, 2.24) is 25.5 Å². The third kappa shape index (κ3) is 1.52. The van der Waals surface area contributed by atoms with E-state index in [0.717, 1.165) is 5.82 Å². The van der Waals surface area contributed by atoms with Crippen molar-refractivity contribution in [3.05, 3.63) is 5.82 Å². The molecule has 1 heterocycles. The van der Waals surface area contributed by atoms with E-state index in [1.54, 1.807) is 0 Å². The van der Waals surface area contributed by atoms with Crippen molar-refractivity contribution >= 4 is 0 Å². The molecule has 1 aromatic rings. The molecule has 0 aliphatic heterocycles. The Labute approximate surface area is 83.9 Å². The highest BCUT2D eigenvalue weighted by molar-refractivity contribution is 5.02. The fourth-order valence-electron chi connectivity index (χ4n) is 2.38. The standard InChI is InChI=1S/C9H17N5/c1-6-7(4-5-8(6)10-2)9-11-13-14(3)12-9/h6-8,10H,4-5H2,1-3H3. The second-order valence-corrected chi connectivity index (χ2v) is 4.08. The molecule has 14 heavy (non-hydrogen) atoms. The molecule has 0 spiro atoms. The summed E-state index contributed by atoms with van der Waals surface area (Å²) in [4.78, 5) is 1.54. The van der Waals surface area contributed by atoms with Gasteiger partial charge in [0, 0.05) is 12.0 Å². The fraction of sp³-hybridized carbons (Fsp3) is 0.889. The molecule has 1 aliphatic rings. The van der Waals surface area contributed by atoms with Crippen LogP contribution in [0.3, 0.4) is 0 Å². The van der Waals surface area contributed by atoms with Crippen LogP contribution in [0.4, 0.5) is 0 Å². The fourth-order valence-corrected chi connectivity index (χ4v) is 2.38. The molecule has 1 fully saturated rings. The quantitative estimate of drug-likeness (QED) is 0.738. The van der Waals surface area contributed by atoms with E-state index in [4.69, 9.17) is 0 Å². The first-order valence-corrected chi connectivity index (χ1v) is 5.13. The van der Waals surface area contributed by atoms with Crippen molar-refractivity contribution < 1.29 is 0 Å². The minimum Gasteiger partial charge on any atom is -0.317 e. The molecule has 0 amide bonds. The zero-order valence-electron chi connectivity index (χ0n) is 8.94. The van der Waals surface area contributed by atoms with E-state index < -0.39 is 0 Å². The Hall–Kier alpha value is -0.970. The van der Waals surface area contributed by atoms with Gasteiger partial charge >= 0.3 is 0 Å². The predicted molar refractivity (Wildman–Crippen MR) is 52.8 cm³/mol. The molecule has 1 aromatic heterocycles. The number of rotatable bonds is 2. The van der Waals surface area contributed by atoms with Gasteiger partial charge in [0.2, 0.25) is 0 Å². The Morgan fingerprint density at radius 3 is 2.71 bits per heavy atom. The third-order valence-electron chi connectivity index (χ3n) is 3.28. The molecule has 78 valence electrons. The molecule has 3 atom stereocenters. The number of aromatic nitrogens is 4. The summed E-state index contributed by atoms with van der Waals surface area (Å²) in [6.45, 7) is 2.26. The maximum absolute atomic E-state index is 4.28. The van der Waals surface area contributed by atoms with E-state index in [1.165, 1.54) is 17.6 Å². The molecule has 3 unspecified atom stereocenters. The van der Waals surface area contributed by atoms with Gasteiger partial charge in [0.1, 0.15) is 0 Å². The van der Waals surface area contributed by atoms with Crippen LogP contribution in [0.5, 0.6) is 0 Å². The smallest absolute Gasteiger partial charge is 0.178 e. The highest BCUT2D eigenvalue weighted by atomic mass is 15.6. The van der Waals surface area contributed by atoms with Gasteiger partial charge in [-0.25, -0.2) is 0 Å². The average Bonchev–Trinajstić information content (AvgIpc) is 2.72. The Morgan fingerprint density at radius 1 is 1.43 bits per heavy atom. The second kappa shape index (κ2) is 3.65. The number of hydrogen-bond acceptors (Lipinski definition) is 4. The molecule has 2 rings (SSSR count). The van der Waals surface area contributed by atoms with Crippen molar-refractivity contribution in [2.75, 3.05) is 7.05 Å². The van der Waals surface area contributed by atoms with Crippen LogP contribution in [-0.2, 0) is 7.05 Å². The molecule has 1 saturated carbocycles. The number of hydrogen-bond donors (Lipinski definition) is 1. The lowest BCUT2D eigenvalue weighted by molar-refractivity contribution is 0.419. The van der Waals surface area contributed by atoms with Crippen LogP contribution in [-0.4, -0.2) is 33.3 Å². The maximum Gasteiger partial charge on any atom is 0.178 e. The van der Waals surface area contributed by atoms with Crippen LogP contribution < -0.4 is 5.32 Å². The molecule has 0 bridgehead atoms. The summed E-state index contributed by atoms with van der Waals surface area (Å²) >= 11 is 0. The SMILES string of the molecule is CNC1CCC(c2nnn(C)n2)C1C. The van der Waals surface area contributed by atoms with Crippen LogP contribution in [0.1, 0.15) is 31.5 Å². The van der Waals surface area contributed by atoms with E-state index >= 15 is 0 Å². The van der Waals surface area contributed by atoms with E-state index in [1.807, 2.05) is 14.1 Å². The molecule has 5 heteroatoms. The summed E-state index contributed by atoms with van der Waals surface area (Å²) in [5.41, 5.74) is 0. The van der Waals surface area contributed by atoms with Crippen LogP contribution in [0.15, 0.2) is 0 Å². The van der Waals surface area contributed by atoms with Crippen molar-refractivity contribution in [3.63, 3.8) is 0 Å². The molecule has 1 N–H and O–H groups in total. The molecular formula is C9H17N5. The first kappa shape index (κ1) is 9.58. The molecule has 0 saturated heterocycles. The zero-order valence-corrected chi connectivity index (χ0v) is 8.94. The van der Waals surface area contributed by atoms with Crippen molar-refractivity contribution in [2.24, 2.45) is 13.0 Å². The number of nitrogens with zero attached hydrogens (tertiary/aromatic N) is 4. The molecule has 0 aromatic carbocycles. The van der Waals surface area contributed by atoms with E-state index in [-0.39, 0.29) is 0 Å². The average molecular weight is 195 g/mol. The van der Waals surface area contributed by atoms with Gasteiger partial charge in [-0.3, -0.25) is 0 Å². The van der Waals surface area contributed by atoms with E-state index in [9.17, 15) is 0 Å². The Balaban J connectivity index is 2.13. The first-order valence-electron chi connectivity index (χ1n) is 5.13. The minimum atomic E-state index is 0.473. The number of aryl methyl sites for hydroxylation is 1. The second-order valence-electron chi connectivity index (χ2n) is 4.08. The van der Waals surface area contributed by atoms with Crippen LogP contribution in [0.25, 0.3) is 0 Å². The first-order chi connectivity index (χ1) is 6.72. The number of tetrazole rings is 1. The van der Waals surface area contributed by atoms with Crippen LogP contribution in [0, 0.1) is 5.92 Å².